The van der Waals surface area contributed by atoms with Gasteiger partial charge in [-0.25, -0.2) is 0 Å². The summed E-state index contributed by atoms with van der Waals surface area (Å²) in [5.74, 6) is 1.97. The molecule has 0 fully saturated rings. The van der Waals surface area contributed by atoms with E-state index in [1.54, 1.807) is 21.3 Å². The zero-order chi connectivity index (χ0) is 15.2. The predicted octanol–water partition coefficient (Wildman–Crippen LogP) is 2.99. The molecule has 2 aromatic carbocycles. The maximum absolute atomic E-state index is 10.6. The first-order chi connectivity index (χ1) is 10.2. The van der Waals surface area contributed by atoms with Gasteiger partial charge in [-0.1, -0.05) is 24.3 Å². The third-order valence-corrected chi connectivity index (χ3v) is 3.40. The van der Waals surface area contributed by atoms with Crippen LogP contribution < -0.4 is 14.2 Å². The van der Waals surface area contributed by atoms with Crippen LogP contribution in [0, 0.1) is 0 Å². The molecule has 2 rings (SSSR count). The molecule has 0 aliphatic rings. The van der Waals surface area contributed by atoms with E-state index >= 15 is 0 Å². The van der Waals surface area contributed by atoms with Crippen LogP contribution in [0.1, 0.15) is 17.2 Å². The lowest BCUT2D eigenvalue weighted by molar-refractivity contribution is 0.168. The van der Waals surface area contributed by atoms with Crippen molar-refractivity contribution in [3.8, 4) is 17.2 Å². The number of para-hydroxylation sites is 1. The Morgan fingerprint density at radius 3 is 1.90 bits per heavy atom. The fourth-order valence-electron chi connectivity index (χ4n) is 2.39. The molecule has 4 nitrogen and oxygen atoms in total. The minimum Gasteiger partial charge on any atom is -0.496 e. The van der Waals surface area contributed by atoms with Gasteiger partial charge in [0.05, 0.1) is 33.0 Å². The van der Waals surface area contributed by atoms with Crippen molar-refractivity contribution in [3.63, 3.8) is 0 Å². The molecule has 21 heavy (non-hydrogen) atoms. The van der Waals surface area contributed by atoms with Gasteiger partial charge in [0, 0.05) is 6.42 Å². The van der Waals surface area contributed by atoms with Gasteiger partial charge in [0.1, 0.15) is 17.2 Å². The minimum absolute atomic E-state index is 0.417. The van der Waals surface area contributed by atoms with Crippen LogP contribution in [0.5, 0.6) is 17.2 Å². The van der Waals surface area contributed by atoms with E-state index in [0.29, 0.717) is 23.5 Å². The lowest BCUT2D eigenvalue weighted by Crippen LogP contribution is -2.07. The van der Waals surface area contributed by atoms with Gasteiger partial charge in [-0.3, -0.25) is 0 Å². The summed E-state index contributed by atoms with van der Waals surface area (Å²) in [5.41, 5.74) is 1.58. The number of methoxy groups -OCH3 is 3. The Labute approximate surface area is 124 Å². The highest BCUT2D eigenvalue weighted by Gasteiger charge is 2.20. The van der Waals surface area contributed by atoms with Crippen LogP contribution in [0.2, 0.25) is 0 Å². The lowest BCUT2D eigenvalue weighted by atomic mass is 9.99. The number of benzene rings is 2. The molecular weight excluding hydrogens is 268 g/mol. The lowest BCUT2D eigenvalue weighted by Gasteiger charge is -2.19. The largest absolute Gasteiger partial charge is 0.496 e. The molecule has 2 aromatic rings. The number of ether oxygens (including phenoxy) is 3. The maximum Gasteiger partial charge on any atom is 0.128 e. The standard InChI is InChI=1S/C17H20O4/c1-19-14-8-5-4-7-12(14)11-13(18)17-15(20-2)9-6-10-16(17)21-3/h4-10,13,18H,11H2,1-3H3. The predicted molar refractivity (Wildman–Crippen MR) is 81.2 cm³/mol. The fourth-order valence-corrected chi connectivity index (χ4v) is 2.39. The van der Waals surface area contributed by atoms with E-state index in [9.17, 15) is 5.11 Å². The summed E-state index contributed by atoms with van der Waals surface area (Å²) in [6.45, 7) is 0. The normalized spacial score (nSPS) is 11.8. The number of aliphatic hydroxyl groups excluding tert-OH is 1. The Morgan fingerprint density at radius 2 is 1.33 bits per heavy atom. The van der Waals surface area contributed by atoms with E-state index in [2.05, 4.69) is 0 Å². The third kappa shape index (κ3) is 3.28. The first kappa shape index (κ1) is 15.2. The van der Waals surface area contributed by atoms with Crippen molar-refractivity contribution < 1.29 is 19.3 Å². The molecular formula is C17H20O4. The van der Waals surface area contributed by atoms with Crippen molar-refractivity contribution in [1.29, 1.82) is 0 Å². The number of rotatable bonds is 6. The Hall–Kier alpha value is -2.20. The van der Waals surface area contributed by atoms with Crippen molar-refractivity contribution in [2.45, 2.75) is 12.5 Å². The van der Waals surface area contributed by atoms with Gasteiger partial charge >= 0.3 is 0 Å². The topological polar surface area (TPSA) is 47.9 Å². The fraction of sp³-hybridized carbons (Fsp3) is 0.294. The highest BCUT2D eigenvalue weighted by atomic mass is 16.5. The average Bonchev–Trinajstić information content (AvgIpc) is 2.54. The second-order valence-corrected chi connectivity index (χ2v) is 4.61. The summed E-state index contributed by atoms with van der Waals surface area (Å²) in [6, 6.07) is 13.1. The van der Waals surface area contributed by atoms with Crippen LogP contribution in [-0.4, -0.2) is 26.4 Å². The second kappa shape index (κ2) is 6.99. The van der Waals surface area contributed by atoms with E-state index in [0.717, 1.165) is 11.3 Å². The maximum atomic E-state index is 10.6. The van der Waals surface area contributed by atoms with Gasteiger partial charge in [-0.2, -0.15) is 0 Å². The van der Waals surface area contributed by atoms with Gasteiger partial charge in [0.25, 0.3) is 0 Å². The smallest absolute Gasteiger partial charge is 0.128 e. The van der Waals surface area contributed by atoms with Crippen LogP contribution in [0.15, 0.2) is 42.5 Å². The molecule has 0 saturated heterocycles. The SMILES string of the molecule is COc1ccccc1CC(O)c1c(OC)cccc1OC. The van der Waals surface area contributed by atoms with Crippen molar-refractivity contribution in [1.82, 2.24) is 0 Å². The zero-order valence-electron chi connectivity index (χ0n) is 12.5. The molecule has 1 N–H and O–H groups in total. The molecule has 4 heteroatoms. The third-order valence-electron chi connectivity index (χ3n) is 3.40. The van der Waals surface area contributed by atoms with Gasteiger partial charge in [-0.05, 0) is 23.8 Å². The van der Waals surface area contributed by atoms with Crippen LogP contribution >= 0.6 is 0 Å². The molecule has 0 aliphatic carbocycles. The Balaban J connectivity index is 2.34. The quantitative estimate of drug-likeness (QED) is 0.887. The Kier molecular flexibility index (Phi) is 5.06. The molecule has 112 valence electrons. The molecule has 0 aromatic heterocycles. The molecule has 1 unspecified atom stereocenters. The van der Waals surface area contributed by atoms with Gasteiger partial charge in [-0.15, -0.1) is 0 Å². The van der Waals surface area contributed by atoms with E-state index in [-0.39, 0.29) is 0 Å². The van der Waals surface area contributed by atoms with Gasteiger partial charge in [0.2, 0.25) is 0 Å². The summed E-state index contributed by atoms with van der Waals surface area (Å²) >= 11 is 0. The average molecular weight is 288 g/mol. The van der Waals surface area contributed by atoms with E-state index in [4.69, 9.17) is 14.2 Å². The minimum atomic E-state index is -0.743. The van der Waals surface area contributed by atoms with Crippen LogP contribution in [-0.2, 0) is 6.42 Å². The summed E-state index contributed by atoms with van der Waals surface area (Å²) in [5, 5.41) is 10.6. The first-order valence-corrected chi connectivity index (χ1v) is 6.72. The van der Waals surface area contributed by atoms with Crippen molar-refractivity contribution >= 4 is 0 Å². The van der Waals surface area contributed by atoms with E-state index < -0.39 is 6.10 Å². The summed E-state index contributed by atoms with van der Waals surface area (Å²) in [7, 11) is 4.77. The highest BCUT2D eigenvalue weighted by molar-refractivity contribution is 5.47. The monoisotopic (exact) mass is 288 g/mol. The zero-order valence-corrected chi connectivity index (χ0v) is 12.5. The van der Waals surface area contributed by atoms with Crippen molar-refractivity contribution in [3.05, 3.63) is 53.6 Å². The highest BCUT2D eigenvalue weighted by Crippen LogP contribution is 2.36. The summed E-state index contributed by atoms with van der Waals surface area (Å²) in [6.07, 6.45) is -0.326. The molecule has 0 bridgehead atoms. The first-order valence-electron chi connectivity index (χ1n) is 6.72. The number of aliphatic hydroxyl groups is 1. The second-order valence-electron chi connectivity index (χ2n) is 4.61. The molecule has 0 amide bonds. The molecule has 0 aliphatic heterocycles. The Bertz CT molecular complexity index is 573. The van der Waals surface area contributed by atoms with Crippen LogP contribution in [0.3, 0.4) is 0 Å². The molecule has 0 saturated carbocycles. The van der Waals surface area contributed by atoms with E-state index in [1.165, 1.54) is 0 Å². The van der Waals surface area contributed by atoms with E-state index in [1.807, 2.05) is 42.5 Å². The van der Waals surface area contributed by atoms with Crippen molar-refractivity contribution in [2.24, 2.45) is 0 Å². The molecule has 0 radical (unpaired) electrons. The summed E-state index contributed by atoms with van der Waals surface area (Å²) < 4.78 is 16.0. The van der Waals surface area contributed by atoms with Gasteiger partial charge < -0.3 is 19.3 Å². The van der Waals surface area contributed by atoms with Gasteiger partial charge in [0.15, 0.2) is 0 Å². The van der Waals surface area contributed by atoms with Crippen LogP contribution in [0.4, 0.5) is 0 Å². The molecule has 0 heterocycles. The van der Waals surface area contributed by atoms with Crippen molar-refractivity contribution in [2.75, 3.05) is 21.3 Å². The molecule has 0 spiro atoms. The number of hydrogen-bond acceptors (Lipinski definition) is 4. The number of hydrogen-bond donors (Lipinski definition) is 1. The summed E-state index contributed by atoms with van der Waals surface area (Å²) in [4.78, 5) is 0. The van der Waals surface area contributed by atoms with Crippen LogP contribution in [0.25, 0.3) is 0 Å². The molecule has 1 atom stereocenters. The Morgan fingerprint density at radius 1 is 0.810 bits per heavy atom.